The lowest BCUT2D eigenvalue weighted by molar-refractivity contribution is -0.137. The molecule has 3 N–H and O–H groups in total. The fourth-order valence-corrected chi connectivity index (χ4v) is 2.96. The Morgan fingerprint density at radius 3 is 3.00 bits per heavy atom. The number of rotatable bonds is 9. The summed E-state index contributed by atoms with van der Waals surface area (Å²) in [4.78, 5) is 10.5. The quantitative estimate of drug-likeness (QED) is 0.330. The Kier molecular flexibility index (Phi) is 9.32. The topological polar surface area (TPSA) is 96.2 Å². The van der Waals surface area contributed by atoms with E-state index in [1.165, 1.54) is 0 Å². The molecule has 1 aliphatic heterocycles. The molecule has 1 aromatic carbocycles. The van der Waals surface area contributed by atoms with E-state index in [1.807, 2.05) is 12.2 Å². The number of unbranched alkanes of at least 4 members (excludes halogenated alkanes) is 1. The lowest BCUT2D eigenvalue weighted by atomic mass is 9.95. The number of allylic oxidation sites excluding steroid dienone is 2. The summed E-state index contributed by atoms with van der Waals surface area (Å²) in [6.45, 7) is 0.197. The van der Waals surface area contributed by atoms with Gasteiger partial charge >= 0.3 is 5.97 Å². The molecular formula is C21H25ClO6. The molecule has 1 unspecified atom stereocenters. The summed E-state index contributed by atoms with van der Waals surface area (Å²) < 4.78 is 11.0. The van der Waals surface area contributed by atoms with Crippen LogP contribution in [0, 0.1) is 17.8 Å². The van der Waals surface area contributed by atoms with Gasteiger partial charge in [-0.05, 0) is 37.5 Å². The highest BCUT2D eigenvalue weighted by molar-refractivity contribution is 6.30. The summed E-state index contributed by atoms with van der Waals surface area (Å²) in [6.07, 6.45) is 3.70. The lowest BCUT2D eigenvalue weighted by Gasteiger charge is -2.14. The molecule has 1 saturated heterocycles. The molecule has 0 saturated carbocycles. The van der Waals surface area contributed by atoms with Gasteiger partial charge in [0.05, 0.1) is 12.7 Å². The highest BCUT2D eigenvalue weighted by atomic mass is 35.5. The van der Waals surface area contributed by atoms with Crippen LogP contribution in [-0.2, 0) is 9.53 Å². The molecule has 1 heterocycles. The van der Waals surface area contributed by atoms with E-state index in [0.717, 1.165) is 0 Å². The second-order valence-electron chi connectivity index (χ2n) is 6.55. The summed E-state index contributed by atoms with van der Waals surface area (Å²) in [7, 11) is 0. The Balaban J connectivity index is 1.79. The average Bonchev–Trinajstić information content (AvgIpc) is 3.01. The van der Waals surface area contributed by atoms with E-state index in [1.54, 1.807) is 24.3 Å². The van der Waals surface area contributed by atoms with Gasteiger partial charge in [-0.25, -0.2) is 0 Å². The van der Waals surface area contributed by atoms with Gasteiger partial charge in [0.1, 0.15) is 24.6 Å². The SMILES string of the molecule is O=C(O)CCCC=CC[C@@H]1C(C#C[C@@H](O)COc2cccc(Cl)c2)OC[C@@H]1O. The average molecular weight is 409 g/mol. The summed E-state index contributed by atoms with van der Waals surface area (Å²) in [6, 6.07) is 6.87. The minimum atomic E-state index is -0.993. The molecule has 0 aromatic heterocycles. The van der Waals surface area contributed by atoms with E-state index >= 15 is 0 Å². The third-order valence-electron chi connectivity index (χ3n) is 4.26. The molecular weight excluding hydrogens is 384 g/mol. The number of hydrogen-bond acceptors (Lipinski definition) is 5. The number of aliphatic hydroxyl groups excluding tert-OH is 2. The van der Waals surface area contributed by atoms with Gasteiger partial charge in [0.2, 0.25) is 0 Å². The van der Waals surface area contributed by atoms with Crippen molar-refractivity contribution in [2.45, 2.75) is 44.0 Å². The van der Waals surface area contributed by atoms with Crippen molar-refractivity contribution in [1.82, 2.24) is 0 Å². The Morgan fingerprint density at radius 2 is 2.25 bits per heavy atom. The summed E-state index contributed by atoms with van der Waals surface area (Å²) in [5, 5.41) is 29.2. The molecule has 7 heteroatoms. The van der Waals surface area contributed by atoms with Crippen molar-refractivity contribution >= 4 is 17.6 Å². The van der Waals surface area contributed by atoms with E-state index in [9.17, 15) is 15.0 Å². The number of hydrogen-bond donors (Lipinski definition) is 3. The van der Waals surface area contributed by atoms with Gasteiger partial charge in [0.25, 0.3) is 0 Å². The molecule has 0 aliphatic carbocycles. The molecule has 1 aliphatic rings. The maximum atomic E-state index is 10.5. The third-order valence-corrected chi connectivity index (χ3v) is 4.50. The maximum absolute atomic E-state index is 10.5. The maximum Gasteiger partial charge on any atom is 0.303 e. The van der Waals surface area contributed by atoms with Crippen LogP contribution >= 0.6 is 11.6 Å². The van der Waals surface area contributed by atoms with Crippen molar-refractivity contribution in [3.63, 3.8) is 0 Å². The summed E-state index contributed by atoms with van der Waals surface area (Å²) >= 11 is 5.88. The Bertz CT molecular complexity index is 723. The number of halogens is 1. The highest BCUT2D eigenvalue weighted by Crippen LogP contribution is 2.25. The fraction of sp³-hybridized carbons (Fsp3) is 0.476. The van der Waals surface area contributed by atoms with Crippen LogP contribution in [0.4, 0.5) is 0 Å². The number of carboxylic acid groups (broad SMARTS) is 1. The Morgan fingerprint density at radius 1 is 1.43 bits per heavy atom. The van der Waals surface area contributed by atoms with Crippen molar-refractivity contribution < 1.29 is 29.6 Å². The van der Waals surface area contributed by atoms with Crippen LogP contribution in [0.2, 0.25) is 5.02 Å². The molecule has 0 spiro atoms. The predicted molar refractivity (Wildman–Crippen MR) is 105 cm³/mol. The molecule has 6 nitrogen and oxygen atoms in total. The predicted octanol–water partition coefficient (Wildman–Crippen LogP) is 2.66. The minimum Gasteiger partial charge on any atom is -0.490 e. The smallest absolute Gasteiger partial charge is 0.303 e. The van der Waals surface area contributed by atoms with Crippen molar-refractivity contribution in [2.75, 3.05) is 13.2 Å². The zero-order valence-corrected chi connectivity index (χ0v) is 16.2. The van der Waals surface area contributed by atoms with Crippen LogP contribution in [0.15, 0.2) is 36.4 Å². The number of carbonyl (C=O) groups is 1. The van der Waals surface area contributed by atoms with Crippen LogP contribution < -0.4 is 4.74 Å². The molecule has 152 valence electrons. The number of benzene rings is 1. The third kappa shape index (κ3) is 7.91. The molecule has 1 aromatic rings. The Hall–Kier alpha value is -2.04. The van der Waals surface area contributed by atoms with Crippen molar-refractivity contribution in [3.05, 3.63) is 41.4 Å². The zero-order chi connectivity index (χ0) is 20.4. The van der Waals surface area contributed by atoms with Gasteiger partial charge in [0.15, 0.2) is 0 Å². The van der Waals surface area contributed by atoms with Gasteiger partial charge in [-0.15, -0.1) is 0 Å². The van der Waals surface area contributed by atoms with Crippen molar-refractivity contribution in [3.8, 4) is 17.6 Å². The number of ether oxygens (including phenoxy) is 2. The van der Waals surface area contributed by atoms with Crippen LogP contribution in [-0.4, -0.2) is 52.8 Å². The first-order valence-electron chi connectivity index (χ1n) is 9.19. The lowest BCUT2D eigenvalue weighted by Crippen LogP contribution is -2.23. The van der Waals surface area contributed by atoms with Crippen LogP contribution in [0.25, 0.3) is 0 Å². The second kappa shape index (κ2) is 11.7. The van der Waals surface area contributed by atoms with E-state index in [-0.39, 0.29) is 25.6 Å². The highest BCUT2D eigenvalue weighted by Gasteiger charge is 2.34. The van der Waals surface area contributed by atoms with Crippen LogP contribution in [0.3, 0.4) is 0 Å². The molecule has 1 fully saturated rings. The molecule has 0 radical (unpaired) electrons. The first-order chi connectivity index (χ1) is 13.5. The van der Waals surface area contributed by atoms with E-state index in [2.05, 4.69) is 11.8 Å². The van der Waals surface area contributed by atoms with Gasteiger partial charge in [-0.1, -0.05) is 41.7 Å². The van der Waals surface area contributed by atoms with Crippen molar-refractivity contribution in [2.24, 2.45) is 5.92 Å². The van der Waals surface area contributed by atoms with E-state index in [4.69, 9.17) is 26.2 Å². The van der Waals surface area contributed by atoms with E-state index in [0.29, 0.717) is 30.0 Å². The Labute approximate surface area is 169 Å². The van der Waals surface area contributed by atoms with Crippen LogP contribution in [0.5, 0.6) is 5.75 Å². The minimum absolute atomic E-state index is 0.00321. The van der Waals surface area contributed by atoms with Gasteiger partial charge < -0.3 is 24.8 Å². The molecule has 0 amide bonds. The normalized spacial score (nSPS) is 22.6. The van der Waals surface area contributed by atoms with Crippen LogP contribution in [0.1, 0.15) is 25.7 Å². The van der Waals surface area contributed by atoms with Crippen molar-refractivity contribution in [1.29, 1.82) is 0 Å². The van der Waals surface area contributed by atoms with Gasteiger partial charge in [-0.3, -0.25) is 4.79 Å². The molecule has 2 rings (SSSR count). The molecule has 28 heavy (non-hydrogen) atoms. The number of carboxylic acids is 1. The molecule has 0 bridgehead atoms. The standard InChI is InChI=1S/C21H25ClO6/c22-15-6-5-7-17(12-15)27-13-16(23)10-11-20-18(19(24)14-28-20)8-3-1-2-4-9-21(25)26/h1,3,5-7,12,16,18-20,23-24H,2,4,8-9,13-14H2,(H,25,26)/t16-,18+,19+,20?/m1/s1. The van der Waals surface area contributed by atoms with Gasteiger partial charge in [-0.2, -0.15) is 0 Å². The molecule has 4 atom stereocenters. The summed E-state index contributed by atoms with van der Waals surface area (Å²) in [5.74, 6) is 5.13. The fourth-order valence-electron chi connectivity index (χ4n) is 2.77. The van der Waals surface area contributed by atoms with Gasteiger partial charge in [0, 0.05) is 17.4 Å². The van der Waals surface area contributed by atoms with E-state index < -0.39 is 24.3 Å². The number of aliphatic hydroxyl groups is 2. The number of aliphatic carboxylic acids is 1. The first kappa shape index (κ1) is 22.3. The zero-order valence-electron chi connectivity index (χ0n) is 15.5. The largest absolute Gasteiger partial charge is 0.490 e. The second-order valence-corrected chi connectivity index (χ2v) is 6.99. The summed E-state index contributed by atoms with van der Waals surface area (Å²) in [5.41, 5.74) is 0. The first-order valence-corrected chi connectivity index (χ1v) is 9.57. The monoisotopic (exact) mass is 408 g/mol.